The summed E-state index contributed by atoms with van der Waals surface area (Å²) in [6, 6.07) is 0. The largest absolute Gasteiger partial charge is 1.00 e. The maximum absolute atomic E-state index is 2.47. The van der Waals surface area contributed by atoms with E-state index in [2.05, 4.69) is 14.0 Å². The smallest absolute Gasteiger partial charge is 0.0784 e. The molecule has 1 aliphatic heterocycles. The van der Waals surface area contributed by atoms with Crippen molar-refractivity contribution in [3.63, 3.8) is 0 Å². The second kappa shape index (κ2) is 9.87. The number of nitrogens with zero attached hydrogens (tertiary/aromatic N) is 1. The molecule has 0 aromatic carbocycles. The molecule has 0 radical (unpaired) electrons. The van der Waals surface area contributed by atoms with E-state index < -0.39 is 0 Å². The van der Waals surface area contributed by atoms with Crippen LogP contribution in [0.25, 0.3) is 0 Å². The van der Waals surface area contributed by atoms with Crippen LogP contribution in [0, 0.1) is 0 Å². The molecule has 0 saturated carbocycles. The summed E-state index contributed by atoms with van der Waals surface area (Å²) in [6.45, 7) is 6.61. The van der Waals surface area contributed by atoms with E-state index >= 15 is 0 Å². The van der Waals surface area contributed by atoms with Gasteiger partial charge in [-0.25, -0.2) is 0 Å². The molecule has 17 heavy (non-hydrogen) atoms. The second-order valence-electron chi connectivity index (χ2n) is 5.97. The van der Waals surface area contributed by atoms with Gasteiger partial charge in [-0.2, -0.15) is 0 Å². The van der Waals surface area contributed by atoms with Crippen LogP contribution in [0.3, 0.4) is 0 Å². The Morgan fingerprint density at radius 1 is 0.765 bits per heavy atom. The van der Waals surface area contributed by atoms with Crippen LogP contribution in [0.15, 0.2) is 0 Å². The van der Waals surface area contributed by atoms with E-state index in [-0.39, 0.29) is 4.70 Å². The predicted octanol–water partition coefficient (Wildman–Crippen LogP) is 1.37. The summed E-state index contributed by atoms with van der Waals surface area (Å²) >= 11 is 0. The molecule has 0 N–H and O–H groups in total. The lowest BCUT2D eigenvalue weighted by molar-refractivity contribution is -0.914. The minimum Gasteiger partial charge on any atom is -1.00 e. The van der Waals surface area contributed by atoms with Crippen LogP contribution < -0.4 is 4.70 Å². The molecule has 0 atom stereocenters. The van der Waals surface area contributed by atoms with Gasteiger partial charge in [-0.15, -0.1) is 0 Å². The van der Waals surface area contributed by atoms with Crippen LogP contribution in [0.2, 0.25) is 0 Å². The van der Waals surface area contributed by atoms with Crippen molar-refractivity contribution in [2.45, 2.75) is 71.1 Å². The van der Waals surface area contributed by atoms with E-state index in [4.69, 9.17) is 0 Å². The minimum absolute atomic E-state index is 0. The van der Waals surface area contributed by atoms with Crippen molar-refractivity contribution in [3.8, 4) is 0 Å². The van der Waals surface area contributed by atoms with Crippen molar-refractivity contribution >= 4 is 0 Å². The van der Waals surface area contributed by atoms with E-state index in [0.717, 1.165) is 0 Å². The Kier molecular flexibility index (Phi) is 9.81. The molecule has 1 nitrogen and oxygen atoms in total. The zero-order chi connectivity index (χ0) is 11.7. The molecule has 2 heteroatoms. The molecule has 0 aromatic rings. The summed E-state index contributed by atoms with van der Waals surface area (Å²) in [5, 5.41) is 0. The highest BCUT2D eigenvalue weighted by Crippen LogP contribution is 2.18. The lowest BCUT2D eigenvalue weighted by atomic mass is 10.1. The van der Waals surface area contributed by atoms with Crippen molar-refractivity contribution in [1.82, 2.24) is 0 Å². The molecule has 1 heterocycles. The van der Waals surface area contributed by atoms with Crippen LogP contribution in [-0.2, 0) is 0 Å². The fourth-order valence-electron chi connectivity index (χ4n) is 2.95. The molecule has 0 unspecified atom stereocenters. The van der Waals surface area contributed by atoms with Crippen molar-refractivity contribution in [2.24, 2.45) is 0 Å². The van der Waals surface area contributed by atoms with Gasteiger partial charge in [0.2, 0.25) is 0 Å². The minimum atomic E-state index is 0. The maximum Gasteiger partial charge on any atom is 0.0784 e. The first-order valence-electron chi connectivity index (χ1n) is 7.60. The third kappa shape index (κ3) is 7.75. The number of hydrogen-bond acceptors (Lipinski definition) is 0. The van der Waals surface area contributed by atoms with Crippen molar-refractivity contribution in [1.29, 1.82) is 0 Å². The van der Waals surface area contributed by atoms with Gasteiger partial charge in [-0.1, -0.05) is 39.0 Å². The Hall–Kier alpha value is -0.110. The number of unbranched alkanes of at least 4 members (excludes halogenated alkanes) is 6. The van der Waals surface area contributed by atoms with Crippen molar-refractivity contribution < 1.29 is 9.19 Å². The average molecular weight is 245 g/mol. The highest BCUT2D eigenvalue weighted by atomic mass is 19.0. The highest BCUT2D eigenvalue weighted by Gasteiger charge is 2.23. The van der Waals surface area contributed by atoms with E-state index in [1.165, 1.54) is 88.3 Å². The zero-order valence-corrected chi connectivity index (χ0v) is 12.0. The van der Waals surface area contributed by atoms with Gasteiger partial charge in [0.15, 0.2) is 0 Å². The molecule has 104 valence electrons. The third-order valence-electron chi connectivity index (χ3n) is 4.20. The van der Waals surface area contributed by atoms with Gasteiger partial charge in [-0.05, 0) is 32.1 Å². The van der Waals surface area contributed by atoms with Gasteiger partial charge in [0.05, 0.1) is 26.7 Å². The predicted molar refractivity (Wildman–Crippen MR) is 72.6 cm³/mol. The molecule has 0 aromatic heterocycles. The molecule has 0 amide bonds. The number of rotatable bonds is 8. The maximum atomic E-state index is 2.47. The van der Waals surface area contributed by atoms with Crippen LogP contribution in [0.1, 0.15) is 71.1 Å². The molecule has 0 spiro atoms. The average Bonchev–Trinajstić information content (AvgIpc) is 2.29. The first kappa shape index (κ1) is 16.9. The van der Waals surface area contributed by atoms with E-state index in [9.17, 15) is 0 Å². The van der Waals surface area contributed by atoms with E-state index in [1.807, 2.05) is 0 Å². The lowest BCUT2D eigenvalue weighted by Crippen LogP contribution is -3.00. The van der Waals surface area contributed by atoms with Crippen molar-refractivity contribution in [3.05, 3.63) is 0 Å². The molecule has 0 aliphatic carbocycles. The summed E-state index contributed by atoms with van der Waals surface area (Å²) in [6.07, 6.45) is 14.5. The highest BCUT2D eigenvalue weighted by molar-refractivity contribution is 4.52. The monoisotopic (exact) mass is 245 g/mol. The van der Waals surface area contributed by atoms with Gasteiger partial charge >= 0.3 is 0 Å². The molecular formula is C15H32FN. The number of halogens is 1. The Morgan fingerprint density at radius 2 is 1.29 bits per heavy atom. The molecule has 1 rings (SSSR count). The van der Waals surface area contributed by atoms with E-state index in [0.29, 0.717) is 0 Å². The first-order valence-corrected chi connectivity index (χ1v) is 7.60. The summed E-state index contributed by atoms with van der Waals surface area (Å²) in [5.41, 5.74) is 0. The fraction of sp³-hybridized carbons (Fsp3) is 1.00. The Balaban J connectivity index is 0.00000256. The normalized spacial score (nSPS) is 18.7. The molecule has 1 fully saturated rings. The van der Waals surface area contributed by atoms with Crippen LogP contribution in [0.4, 0.5) is 0 Å². The van der Waals surface area contributed by atoms with Gasteiger partial charge in [0.1, 0.15) is 0 Å². The SMILES string of the molecule is CCCCCCCCC[N+]1(C)CCCCC1.[F-]. The molecular weight excluding hydrogens is 213 g/mol. The Morgan fingerprint density at radius 3 is 1.88 bits per heavy atom. The van der Waals surface area contributed by atoms with Crippen molar-refractivity contribution in [2.75, 3.05) is 26.7 Å². The molecule has 1 aliphatic rings. The molecule has 1 saturated heterocycles. The van der Waals surface area contributed by atoms with Gasteiger partial charge in [0.25, 0.3) is 0 Å². The van der Waals surface area contributed by atoms with Crippen LogP contribution in [-0.4, -0.2) is 31.2 Å². The van der Waals surface area contributed by atoms with E-state index in [1.54, 1.807) is 0 Å². The van der Waals surface area contributed by atoms with Gasteiger partial charge in [0, 0.05) is 0 Å². The number of piperidine rings is 1. The fourth-order valence-corrected chi connectivity index (χ4v) is 2.95. The quantitative estimate of drug-likeness (QED) is 0.448. The Bertz CT molecular complexity index is 164. The summed E-state index contributed by atoms with van der Waals surface area (Å²) in [5.74, 6) is 0. The first-order chi connectivity index (χ1) is 7.77. The number of likely N-dealkylation sites (tertiary alicyclic amines) is 1. The van der Waals surface area contributed by atoms with Crippen LogP contribution in [0.5, 0.6) is 0 Å². The number of quaternary nitrogens is 1. The summed E-state index contributed by atoms with van der Waals surface area (Å²) in [7, 11) is 2.47. The van der Waals surface area contributed by atoms with Crippen LogP contribution >= 0.6 is 0 Å². The van der Waals surface area contributed by atoms with Gasteiger partial charge in [-0.3, -0.25) is 0 Å². The lowest BCUT2D eigenvalue weighted by Gasteiger charge is -2.37. The third-order valence-corrected chi connectivity index (χ3v) is 4.20. The topological polar surface area (TPSA) is 0 Å². The number of hydrogen-bond donors (Lipinski definition) is 0. The standard InChI is InChI=1S/C15H32N.FH/c1-3-4-5-6-7-8-10-13-16(2)14-11-9-12-15-16;/h3-15H2,1-2H3;1H/q+1;/p-1. The summed E-state index contributed by atoms with van der Waals surface area (Å²) in [4.78, 5) is 0. The zero-order valence-electron chi connectivity index (χ0n) is 12.0. The summed E-state index contributed by atoms with van der Waals surface area (Å²) < 4.78 is 1.37. The Labute approximate surface area is 108 Å². The van der Waals surface area contributed by atoms with Gasteiger partial charge < -0.3 is 9.19 Å². The second-order valence-corrected chi connectivity index (χ2v) is 5.97. The molecule has 0 bridgehead atoms.